The molecule has 1 atom stereocenters. The molecule has 11 nitrogen and oxygen atoms in total. The zero-order chi connectivity index (χ0) is 37.3. The van der Waals surface area contributed by atoms with Crippen LogP contribution in [-0.4, -0.2) is 41.5 Å². The molecule has 13 heteroatoms. The number of rotatable bonds is 12. The Morgan fingerprint density at radius 2 is 1.64 bits per heavy atom. The second-order valence-electron chi connectivity index (χ2n) is 12.1. The Bertz CT molecular complexity index is 2200. The number of para-hydroxylation sites is 1. The van der Waals surface area contributed by atoms with Crippen LogP contribution in [0.3, 0.4) is 0 Å². The highest BCUT2D eigenvalue weighted by Gasteiger charge is 2.30. The second-order valence-corrected chi connectivity index (χ2v) is 14.2. The van der Waals surface area contributed by atoms with E-state index in [1.807, 2.05) is 18.2 Å². The van der Waals surface area contributed by atoms with Crippen molar-refractivity contribution in [1.29, 1.82) is 0 Å². The molecule has 1 aromatic heterocycles. The summed E-state index contributed by atoms with van der Waals surface area (Å²) in [7, 11) is 1.33. The number of anilines is 2. The molecule has 0 bridgehead atoms. The Kier molecular flexibility index (Phi) is 11.8. The summed E-state index contributed by atoms with van der Waals surface area (Å²) >= 11 is 2.64. The van der Waals surface area contributed by atoms with Gasteiger partial charge in [-0.2, -0.15) is 0 Å². The van der Waals surface area contributed by atoms with Crippen LogP contribution in [0.1, 0.15) is 54.6 Å². The van der Waals surface area contributed by atoms with Crippen LogP contribution in [0.4, 0.5) is 16.4 Å². The van der Waals surface area contributed by atoms with Crippen LogP contribution in [0.2, 0.25) is 0 Å². The number of carbonyl (C=O) groups excluding carboxylic acids is 4. The minimum atomic E-state index is -0.709. The lowest BCUT2D eigenvalue weighted by Gasteiger charge is -2.22. The van der Waals surface area contributed by atoms with Gasteiger partial charge in [0.05, 0.1) is 28.9 Å². The van der Waals surface area contributed by atoms with E-state index in [2.05, 4.69) is 28.1 Å². The van der Waals surface area contributed by atoms with Gasteiger partial charge in [0.1, 0.15) is 10.7 Å². The number of nitrogens with zero attached hydrogens (tertiary/aromatic N) is 1. The largest absolute Gasteiger partial charge is 0.465 e. The predicted octanol–water partition coefficient (Wildman–Crippen LogP) is 7.86. The quantitative estimate of drug-likeness (QED) is 0.0383. The first kappa shape index (κ1) is 36.7. The number of thiophene rings is 1. The van der Waals surface area contributed by atoms with Crippen molar-refractivity contribution >= 4 is 69.2 Å². The fourth-order valence-corrected chi connectivity index (χ4v) is 8.14. The van der Waals surface area contributed by atoms with Crippen molar-refractivity contribution in [3.8, 4) is 0 Å². The Morgan fingerprint density at radius 1 is 0.925 bits per heavy atom. The van der Waals surface area contributed by atoms with Gasteiger partial charge in [-0.05, 0) is 78.8 Å². The summed E-state index contributed by atoms with van der Waals surface area (Å²) in [6, 6.07) is 31.2. The fraction of sp³-hybridized carbons (Fsp3) is 0.150. The summed E-state index contributed by atoms with van der Waals surface area (Å²) < 4.78 is 5.10. The van der Waals surface area contributed by atoms with Crippen LogP contribution in [0.25, 0.3) is 6.08 Å². The number of benzene rings is 4. The number of ether oxygens (including phenoxy) is 1. The first-order valence-corrected chi connectivity index (χ1v) is 18.4. The van der Waals surface area contributed by atoms with Crippen LogP contribution in [0.15, 0.2) is 120 Å². The second kappa shape index (κ2) is 17.0. The van der Waals surface area contributed by atoms with Gasteiger partial charge < -0.3 is 20.7 Å². The number of nitro benzene ring substituents is 1. The summed E-state index contributed by atoms with van der Waals surface area (Å²) in [5.41, 5.74) is 2.93. The lowest BCUT2D eigenvalue weighted by atomic mass is 9.83. The molecular formula is C40H34N4O7S2. The monoisotopic (exact) mass is 746 g/mol. The molecule has 6 rings (SSSR count). The molecule has 1 aliphatic carbocycles. The Hall–Kier alpha value is -6.05. The number of hydrogen-bond donors (Lipinski definition) is 3. The summed E-state index contributed by atoms with van der Waals surface area (Å²) in [4.78, 5) is 65.5. The maximum atomic E-state index is 13.6. The van der Waals surface area contributed by atoms with Gasteiger partial charge in [0.15, 0.2) is 0 Å². The SMILES string of the molecule is COC(=O)c1c(NC(=O)CSc2cccc(NC(=O)/C(=C\c3ccccc3[N+](=O)[O-])NC(=O)c3ccccc3)c2)sc2c1CCC(c1ccccc1)C2. The van der Waals surface area contributed by atoms with Gasteiger partial charge >= 0.3 is 5.97 Å². The highest BCUT2D eigenvalue weighted by Crippen LogP contribution is 2.43. The molecule has 3 amide bonds. The van der Waals surface area contributed by atoms with Gasteiger partial charge in [0, 0.05) is 27.1 Å². The average molecular weight is 747 g/mol. The van der Waals surface area contributed by atoms with Crippen molar-refractivity contribution in [1.82, 2.24) is 5.32 Å². The Labute approximate surface area is 313 Å². The maximum absolute atomic E-state index is 13.6. The molecule has 53 heavy (non-hydrogen) atoms. The number of thioether (sulfide) groups is 1. The van der Waals surface area contributed by atoms with Gasteiger partial charge in [-0.3, -0.25) is 24.5 Å². The van der Waals surface area contributed by atoms with Crippen molar-refractivity contribution in [3.05, 3.63) is 158 Å². The number of methoxy groups -OCH3 is 1. The number of esters is 1. The summed E-state index contributed by atoms with van der Waals surface area (Å²) in [6.45, 7) is 0. The normalized spacial score (nSPS) is 13.7. The first-order chi connectivity index (χ1) is 25.7. The standard InChI is InChI=1S/C40H34N4O7S2/c1-51-40(48)36-31-20-19-27(25-11-4-2-5-12-25)22-34(31)53-39(36)43-35(45)24-52-30-17-10-16-29(23-30)41-38(47)32(42-37(46)26-13-6-3-7-14-26)21-28-15-8-9-18-33(28)44(49)50/h2-18,21,23,27H,19-20,22,24H2,1H3,(H,41,47)(H,42,46)(H,43,45)/b32-21+. The van der Waals surface area contributed by atoms with Gasteiger partial charge in [0.25, 0.3) is 17.5 Å². The predicted molar refractivity (Wildman–Crippen MR) is 206 cm³/mol. The lowest BCUT2D eigenvalue weighted by molar-refractivity contribution is -0.385. The van der Waals surface area contributed by atoms with E-state index in [9.17, 15) is 29.3 Å². The number of amides is 3. The number of nitrogens with one attached hydrogen (secondary N) is 3. The van der Waals surface area contributed by atoms with Gasteiger partial charge in [0.2, 0.25) is 5.91 Å². The van der Waals surface area contributed by atoms with E-state index in [1.165, 1.54) is 60.0 Å². The highest BCUT2D eigenvalue weighted by molar-refractivity contribution is 8.00. The van der Waals surface area contributed by atoms with Crippen LogP contribution >= 0.6 is 23.1 Å². The summed E-state index contributed by atoms with van der Waals surface area (Å²) in [6.07, 6.45) is 3.61. The molecule has 1 unspecified atom stereocenters. The van der Waals surface area contributed by atoms with Gasteiger partial charge in [-0.25, -0.2) is 4.79 Å². The van der Waals surface area contributed by atoms with Crippen molar-refractivity contribution in [2.75, 3.05) is 23.5 Å². The first-order valence-electron chi connectivity index (χ1n) is 16.6. The van der Waals surface area contributed by atoms with E-state index in [1.54, 1.807) is 60.7 Å². The molecular weight excluding hydrogens is 713 g/mol. The minimum absolute atomic E-state index is 0.0170. The van der Waals surface area contributed by atoms with Crippen LogP contribution < -0.4 is 16.0 Å². The van der Waals surface area contributed by atoms with E-state index in [0.29, 0.717) is 39.0 Å². The summed E-state index contributed by atoms with van der Waals surface area (Å²) in [5.74, 6) is -1.74. The number of nitro groups is 1. The highest BCUT2D eigenvalue weighted by atomic mass is 32.2. The smallest absolute Gasteiger partial charge is 0.341 e. The van der Waals surface area contributed by atoms with Crippen molar-refractivity contribution in [2.45, 2.75) is 30.1 Å². The fourth-order valence-electron chi connectivity index (χ4n) is 6.05. The molecule has 0 saturated heterocycles. The van der Waals surface area contributed by atoms with E-state index in [4.69, 9.17) is 4.74 Å². The van der Waals surface area contributed by atoms with Crippen molar-refractivity contribution < 1.29 is 28.8 Å². The molecule has 1 heterocycles. The average Bonchev–Trinajstić information content (AvgIpc) is 3.54. The van der Waals surface area contributed by atoms with Gasteiger partial charge in [-0.1, -0.05) is 66.7 Å². The van der Waals surface area contributed by atoms with Crippen LogP contribution in [0.5, 0.6) is 0 Å². The molecule has 5 aromatic rings. The molecule has 1 aliphatic rings. The lowest BCUT2D eigenvalue weighted by Crippen LogP contribution is -2.30. The van der Waals surface area contributed by atoms with E-state index in [0.717, 1.165) is 23.3 Å². The van der Waals surface area contributed by atoms with Crippen molar-refractivity contribution in [3.63, 3.8) is 0 Å². The molecule has 0 aliphatic heterocycles. The van der Waals surface area contributed by atoms with Crippen LogP contribution in [0, 0.1) is 10.1 Å². The van der Waals surface area contributed by atoms with E-state index in [-0.39, 0.29) is 28.6 Å². The molecule has 268 valence electrons. The number of carbonyl (C=O) groups is 4. The third kappa shape index (κ3) is 9.07. The topological polar surface area (TPSA) is 157 Å². The third-order valence-corrected chi connectivity index (χ3v) is 10.8. The molecule has 0 saturated carbocycles. The van der Waals surface area contributed by atoms with E-state index < -0.39 is 22.7 Å². The van der Waals surface area contributed by atoms with Crippen molar-refractivity contribution in [2.24, 2.45) is 0 Å². The van der Waals surface area contributed by atoms with Crippen LogP contribution in [-0.2, 0) is 27.2 Å². The number of fused-ring (bicyclic) bond motifs is 1. The molecule has 0 radical (unpaired) electrons. The van der Waals surface area contributed by atoms with E-state index >= 15 is 0 Å². The maximum Gasteiger partial charge on any atom is 0.341 e. The Balaban J connectivity index is 1.14. The molecule has 0 fully saturated rings. The van der Waals surface area contributed by atoms with Gasteiger partial charge in [-0.15, -0.1) is 23.1 Å². The third-order valence-electron chi connectivity index (χ3n) is 8.60. The molecule has 4 aromatic carbocycles. The molecule has 0 spiro atoms. The number of hydrogen-bond acceptors (Lipinski definition) is 9. The zero-order valence-corrected chi connectivity index (χ0v) is 30.1. The zero-order valence-electron chi connectivity index (χ0n) is 28.5. The Morgan fingerprint density at radius 3 is 2.38 bits per heavy atom. The summed E-state index contributed by atoms with van der Waals surface area (Å²) in [5, 5.41) is 20.4. The minimum Gasteiger partial charge on any atom is -0.465 e. The molecule has 3 N–H and O–H groups in total.